The standard InChI is InChI=1S/C19H24N2O4S/c1-4-21(14-16-8-6-5-7-9-16)19(22)13-20-26(23,24)17-10-11-18(25-3)15(2)12-17/h5-12,20H,4,13-14H2,1-3H3. The molecule has 0 radical (unpaired) electrons. The zero-order valence-electron chi connectivity index (χ0n) is 15.2. The van der Waals surface area contributed by atoms with Crippen LogP contribution in [-0.2, 0) is 21.4 Å². The van der Waals surface area contributed by atoms with Crippen LogP contribution in [0.3, 0.4) is 0 Å². The third kappa shape index (κ3) is 5.06. The lowest BCUT2D eigenvalue weighted by molar-refractivity contribution is -0.130. The van der Waals surface area contributed by atoms with Gasteiger partial charge < -0.3 is 9.64 Å². The molecule has 0 aliphatic rings. The highest BCUT2D eigenvalue weighted by Crippen LogP contribution is 2.21. The largest absolute Gasteiger partial charge is 0.496 e. The molecule has 0 heterocycles. The van der Waals surface area contributed by atoms with Gasteiger partial charge in [0.2, 0.25) is 15.9 Å². The number of amides is 1. The number of hydrogen-bond acceptors (Lipinski definition) is 4. The molecular formula is C19H24N2O4S. The summed E-state index contributed by atoms with van der Waals surface area (Å²) in [7, 11) is -2.24. The SMILES string of the molecule is CCN(Cc1ccccc1)C(=O)CNS(=O)(=O)c1ccc(OC)c(C)c1. The van der Waals surface area contributed by atoms with Crippen molar-refractivity contribution in [2.75, 3.05) is 20.2 Å². The van der Waals surface area contributed by atoms with Crippen LogP contribution in [0.5, 0.6) is 5.75 Å². The number of nitrogens with zero attached hydrogens (tertiary/aromatic N) is 1. The summed E-state index contributed by atoms with van der Waals surface area (Å²) in [6, 6.07) is 14.2. The molecule has 2 rings (SSSR count). The quantitative estimate of drug-likeness (QED) is 0.767. The monoisotopic (exact) mass is 376 g/mol. The number of ether oxygens (including phenoxy) is 1. The Kier molecular flexibility index (Phi) is 6.76. The van der Waals surface area contributed by atoms with Crippen LogP contribution in [0.25, 0.3) is 0 Å². The van der Waals surface area contributed by atoms with E-state index in [-0.39, 0.29) is 17.3 Å². The summed E-state index contributed by atoms with van der Waals surface area (Å²) in [4.78, 5) is 14.1. The molecule has 2 aromatic carbocycles. The lowest BCUT2D eigenvalue weighted by atomic mass is 10.2. The molecule has 26 heavy (non-hydrogen) atoms. The van der Waals surface area contributed by atoms with Crippen LogP contribution in [0.15, 0.2) is 53.4 Å². The Bertz CT molecular complexity index is 851. The second-order valence-corrected chi connectivity index (χ2v) is 7.62. The number of aryl methyl sites for hydroxylation is 1. The molecule has 0 saturated carbocycles. The first-order valence-electron chi connectivity index (χ1n) is 8.33. The van der Waals surface area contributed by atoms with Gasteiger partial charge in [0.15, 0.2) is 0 Å². The molecule has 0 aromatic heterocycles. The van der Waals surface area contributed by atoms with E-state index in [1.165, 1.54) is 19.2 Å². The number of carbonyl (C=O) groups is 1. The van der Waals surface area contributed by atoms with E-state index < -0.39 is 10.0 Å². The van der Waals surface area contributed by atoms with Crippen molar-refractivity contribution in [3.05, 3.63) is 59.7 Å². The number of benzene rings is 2. The van der Waals surface area contributed by atoms with E-state index in [9.17, 15) is 13.2 Å². The van der Waals surface area contributed by atoms with Crippen LogP contribution in [0.2, 0.25) is 0 Å². The highest BCUT2D eigenvalue weighted by Gasteiger charge is 2.19. The Morgan fingerprint density at radius 3 is 2.42 bits per heavy atom. The van der Waals surface area contributed by atoms with Crippen LogP contribution in [0.4, 0.5) is 0 Å². The van der Waals surface area contributed by atoms with Crippen LogP contribution in [0.1, 0.15) is 18.1 Å². The van der Waals surface area contributed by atoms with E-state index in [4.69, 9.17) is 4.74 Å². The number of likely N-dealkylation sites (N-methyl/N-ethyl adjacent to an activating group) is 1. The van der Waals surface area contributed by atoms with E-state index in [1.54, 1.807) is 17.9 Å². The van der Waals surface area contributed by atoms with Crippen LogP contribution >= 0.6 is 0 Å². The first kappa shape index (κ1) is 19.9. The van der Waals surface area contributed by atoms with Gasteiger partial charge in [-0.1, -0.05) is 30.3 Å². The van der Waals surface area contributed by atoms with Gasteiger partial charge in [-0.2, -0.15) is 0 Å². The highest BCUT2D eigenvalue weighted by atomic mass is 32.2. The molecule has 7 heteroatoms. The van der Waals surface area contributed by atoms with Crippen molar-refractivity contribution in [1.82, 2.24) is 9.62 Å². The van der Waals surface area contributed by atoms with Crippen molar-refractivity contribution in [2.45, 2.75) is 25.3 Å². The number of rotatable bonds is 8. The van der Waals surface area contributed by atoms with Gasteiger partial charge >= 0.3 is 0 Å². The molecule has 0 unspecified atom stereocenters. The van der Waals surface area contributed by atoms with Crippen molar-refractivity contribution in [3.8, 4) is 5.75 Å². The Morgan fingerprint density at radius 1 is 1.15 bits per heavy atom. The zero-order chi connectivity index (χ0) is 19.2. The minimum atomic E-state index is -3.77. The molecule has 0 fully saturated rings. The van der Waals surface area contributed by atoms with Crippen LogP contribution in [-0.4, -0.2) is 39.4 Å². The number of methoxy groups -OCH3 is 1. The second kappa shape index (κ2) is 8.82. The van der Waals surface area contributed by atoms with E-state index in [0.717, 1.165) is 5.56 Å². The van der Waals surface area contributed by atoms with Gasteiger partial charge in [0, 0.05) is 13.1 Å². The molecule has 1 amide bonds. The molecule has 0 bridgehead atoms. The Labute approximate surface area is 154 Å². The number of sulfonamides is 1. The molecular weight excluding hydrogens is 352 g/mol. The molecule has 1 N–H and O–H groups in total. The van der Waals surface area contributed by atoms with E-state index in [2.05, 4.69) is 4.72 Å². The van der Waals surface area contributed by atoms with Gasteiger partial charge in [0.05, 0.1) is 18.6 Å². The third-order valence-electron chi connectivity index (χ3n) is 4.04. The molecule has 0 saturated heterocycles. The molecule has 140 valence electrons. The molecule has 0 atom stereocenters. The molecule has 0 spiro atoms. The lowest BCUT2D eigenvalue weighted by Gasteiger charge is -2.21. The van der Waals surface area contributed by atoms with Crippen molar-refractivity contribution in [2.24, 2.45) is 0 Å². The van der Waals surface area contributed by atoms with E-state index >= 15 is 0 Å². The highest BCUT2D eigenvalue weighted by molar-refractivity contribution is 7.89. The van der Waals surface area contributed by atoms with Crippen LogP contribution < -0.4 is 9.46 Å². The van der Waals surface area contributed by atoms with Crippen molar-refractivity contribution in [3.63, 3.8) is 0 Å². The minimum Gasteiger partial charge on any atom is -0.496 e. The second-order valence-electron chi connectivity index (χ2n) is 5.85. The fraction of sp³-hybridized carbons (Fsp3) is 0.316. The van der Waals surface area contributed by atoms with E-state index in [1.807, 2.05) is 37.3 Å². The summed E-state index contributed by atoms with van der Waals surface area (Å²) in [5, 5.41) is 0. The summed E-state index contributed by atoms with van der Waals surface area (Å²) < 4.78 is 32.4. The van der Waals surface area contributed by atoms with Gasteiger partial charge in [0.25, 0.3) is 0 Å². The van der Waals surface area contributed by atoms with Crippen molar-refractivity contribution >= 4 is 15.9 Å². The predicted molar refractivity (Wildman–Crippen MR) is 100 cm³/mol. The smallest absolute Gasteiger partial charge is 0.241 e. The Morgan fingerprint density at radius 2 is 1.85 bits per heavy atom. The van der Waals surface area contributed by atoms with Gasteiger partial charge in [-0.05, 0) is 43.2 Å². The Hall–Kier alpha value is -2.38. The summed E-state index contributed by atoms with van der Waals surface area (Å²) >= 11 is 0. The van der Waals surface area contributed by atoms with Crippen molar-refractivity contribution < 1.29 is 17.9 Å². The van der Waals surface area contributed by atoms with Gasteiger partial charge in [-0.3, -0.25) is 4.79 Å². The number of carbonyl (C=O) groups excluding carboxylic acids is 1. The summed E-state index contributed by atoms with van der Waals surface area (Å²) in [5.41, 5.74) is 1.71. The fourth-order valence-electron chi connectivity index (χ4n) is 2.55. The lowest BCUT2D eigenvalue weighted by Crippen LogP contribution is -2.39. The zero-order valence-corrected chi connectivity index (χ0v) is 16.0. The Balaban J connectivity index is 2.03. The maximum absolute atomic E-state index is 12.4. The summed E-state index contributed by atoms with van der Waals surface area (Å²) in [6.07, 6.45) is 0. The van der Waals surface area contributed by atoms with Crippen LogP contribution in [0, 0.1) is 6.92 Å². The molecule has 2 aromatic rings. The predicted octanol–water partition coefficient (Wildman–Crippen LogP) is 2.33. The molecule has 6 nitrogen and oxygen atoms in total. The average Bonchev–Trinajstić information content (AvgIpc) is 2.65. The maximum atomic E-state index is 12.4. The van der Waals surface area contributed by atoms with Gasteiger partial charge in [-0.15, -0.1) is 0 Å². The van der Waals surface area contributed by atoms with Gasteiger partial charge in [-0.25, -0.2) is 13.1 Å². The first-order chi connectivity index (χ1) is 12.4. The van der Waals surface area contributed by atoms with E-state index in [0.29, 0.717) is 24.4 Å². The average molecular weight is 376 g/mol. The maximum Gasteiger partial charge on any atom is 0.241 e. The number of nitrogens with one attached hydrogen (secondary N) is 1. The first-order valence-corrected chi connectivity index (χ1v) is 9.81. The molecule has 0 aliphatic carbocycles. The van der Waals surface area contributed by atoms with Crippen molar-refractivity contribution in [1.29, 1.82) is 0 Å². The summed E-state index contributed by atoms with van der Waals surface area (Å²) in [6.45, 7) is 4.29. The third-order valence-corrected chi connectivity index (χ3v) is 5.44. The summed E-state index contributed by atoms with van der Waals surface area (Å²) in [5.74, 6) is 0.338. The topological polar surface area (TPSA) is 75.7 Å². The van der Waals surface area contributed by atoms with Gasteiger partial charge in [0.1, 0.15) is 5.75 Å². The molecule has 0 aliphatic heterocycles. The fourth-order valence-corrected chi connectivity index (χ4v) is 3.61. The minimum absolute atomic E-state index is 0.106. The normalized spacial score (nSPS) is 11.2. The number of hydrogen-bond donors (Lipinski definition) is 1.